The molecule has 0 spiro atoms. The first-order chi connectivity index (χ1) is 7.85. The maximum atomic E-state index is 8.76. The third-order valence-corrected chi connectivity index (χ3v) is 3.14. The second-order valence-electron chi connectivity index (χ2n) is 4.06. The summed E-state index contributed by atoms with van der Waals surface area (Å²) in [6.07, 6.45) is 2.33. The monoisotopic (exact) mass is 216 g/mol. The Hall–Kier alpha value is -1.53. The van der Waals surface area contributed by atoms with Crippen LogP contribution in [0.3, 0.4) is 0 Å². The van der Waals surface area contributed by atoms with Crippen molar-refractivity contribution in [2.75, 3.05) is 20.2 Å². The minimum Gasteiger partial charge on any atom is -0.497 e. The second kappa shape index (κ2) is 5.00. The number of nitriles is 1. The van der Waals surface area contributed by atoms with Crippen molar-refractivity contribution in [2.45, 2.75) is 18.9 Å². The van der Waals surface area contributed by atoms with Gasteiger partial charge in [-0.2, -0.15) is 5.26 Å². The predicted octanol–water partition coefficient (Wildman–Crippen LogP) is 2.36. The minimum atomic E-state index is 0.408. The Bertz CT molecular complexity index is 380. The Balaban J connectivity index is 2.13. The fourth-order valence-corrected chi connectivity index (χ4v) is 2.31. The zero-order valence-electron chi connectivity index (χ0n) is 9.52. The molecule has 0 radical (unpaired) electrons. The Morgan fingerprint density at radius 2 is 2.19 bits per heavy atom. The molecule has 2 rings (SSSR count). The molecular weight excluding hydrogens is 200 g/mol. The first kappa shape index (κ1) is 11.0. The van der Waals surface area contributed by atoms with E-state index in [0.29, 0.717) is 12.6 Å². The molecule has 1 aromatic carbocycles. The Kier molecular flexibility index (Phi) is 3.43. The minimum absolute atomic E-state index is 0.408. The van der Waals surface area contributed by atoms with Crippen LogP contribution in [0, 0.1) is 11.3 Å². The number of hydrogen-bond donors (Lipinski definition) is 0. The third kappa shape index (κ3) is 2.17. The summed E-state index contributed by atoms with van der Waals surface area (Å²) >= 11 is 0. The summed E-state index contributed by atoms with van der Waals surface area (Å²) < 4.78 is 5.14. The molecule has 1 heterocycles. The van der Waals surface area contributed by atoms with Crippen molar-refractivity contribution >= 4 is 0 Å². The maximum absolute atomic E-state index is 8.76. The largest absolute Gasteiger partial charge is 0.497 e. The summed E-state index contributed by atoms with van der Waals surface area (Å²) in [5.74, 6) is 0.883. The molecule has 1 aliphatic heterocycles. The van der Waals surface area contributed by atoms with Gasteiger partial charge in [0.1, 0.15) is 5.75 Å². The van der Waals surface area contributed by atoms with Crippen LogP contribution in [0.2, 0.25) is 0 Å². The van der Waals surface area contributed by atoms with Gasteiger partial charge in [-0.05, 0) is 37.1 Å². The highest BCUT2D eigenvalue weighted by Crippen LogP contribution is 2.32. The van der Waals surface area contributed by atoms with E-state index >= 15 is 0 Å². The standard InChI is InChI=1S/C13H16N2O/c1-16-12-6-4-11(5-7-12)13-3-2-9-15(13)10-8-14/h4-7,13H,2-3,9-10H2,1H3. The molecule has 1 aliphatic rings. The molecule has 0 bridgehead atoms. The van der Waals surface area contributed by atoms with Crippen molar-refractivity contribution in [3.63, 3.8) is 0 Å². The second-order valence-corrected chi connectivity index (χ2v) is 4.06. The van der Waals surface area contributed by atoms with E-state index in [1.165, 1.54) is 12.0 Å². The molecule has 1 atom stereocenters. The summed E-state index contributed by atoms with van der Waals surface area (Å²) in [4.78, 5) is 2.24. The number of ether oxygens (including phenoxy) is 1. The molecule has 1 aromatic rings. The lowest BCUT2D eigenvalue weighted by Gasteiger charge is -2.21. The van der Waals surface area contributed by atoms with Gasteiger partial charge >= 0.3 is 0 Å². The number of likely N-dealkylation sites (tertiary alicyclic amines) is 1. The fraction of sp³-hybridized carbons (Fsp3) is 0.462. The van der Waals surface area contributed by atoms with Gasteiger partial charge in [0.25, 0.3) is 0 Å². The van der Waals surface area contributed by atoms with Crippen LogP contribution in [0.5, 0.6) is 5.75 Å². The van der Waals surface area contributed by atoms with Gasteiger partial charge in [-0.25, -0.2) is 0 Å². The van der Waals surface area contributed by atoms with Crippen LogP contribution in [-0.4, -0.2) is 25.1 Å². The summed E-state index contributed by atoms with van der Waals surface area (Å²) in [7, 11) is 1.67. The fourth-order valence-electron chi connectivity index (χ4n) is 2.31. The number of methoxy groups -OCH3 is 1. The highest BCUT2D eigenvalue weighted by atomic mass is 16.5. The predicted molar refractivity (Wildman–Crippen MR) is 62.2 cm³/mol. The summed E-state index contributed by atoms with van der Waals surface area (Å²) in [5, 5.41) is 8.76. The number of hydrogen-bond acceptors (Lipinski definition) is 3. The van der Waals surface area contributed by atoms with E-state index in [1.54, 1.807) is 7.11 Å². The number of benzene rings is 1. The number of rotatable bonds is 3. The van der Waals surface area contributed by atoms with Crippen molar-refractivity contribution in [3.8, 4) is 11.8 Å². The highest BCUT2D eigenvalue weighted by molar-refractivity contribution is 5.29. The van der Waals surface area contributed by atoms with Crippen molar-refractivity contribution in [1.82, 2.24) is 4.90 Å². The molecule has 3 heteroatoms. The lowest BCUT2D eigenvalue weighted by Crippen LogP contribution is -2.23. The quantitative estimate of drug-likeness (QED) is 0.728. The van der Waals surface area contributed by atoms with Crippen molar-refractivity contribution < 1.29 is 4.74 Å². The Morgan fingerprint density at radius 1 is 1.44 bits per heavy atom. The lowest BCUT2D eigenvalue weighted by atomic mass is 10.0. The van der Waals surface area contributed by atoms with Gasteiger partial charge in [-0.15, -0.1) is 0 Å². The molecule has 0 N–H and O–H groups in total. The molecule has 1 saturated heterocycles. The molecule has 0 amide bonds. The Morgan fingerprint density at radius 3 is 2.81 bits per heavy atom. The molecule has 1 unspecified atom stereocenters. The van der Waals surface area contributed by atoms with Gasteiger partial charge in [0.05, 0.1) is 19.7 Å². The van der Waals surface area contributed by atoms with E-state index < -0.39 is 0 Å². The van der Waals surface area contributed by atoms with Gasteiger partial charge in [0.2, 0.25) is 0 Å². The molecule has 0 aliphatic carbocycles. The van der Waals surface area contributed by atoms with Gasteiger partial charge in [-0.1, -0.05) is 12.1 Å². The molecule has 84 valence electrons. The average Bonchev–Trinajstić information content (AvgIpc) is 2.78. The zero-order chi connectivity index (χ0) is 11.4. The van der Waals surface area contributed by atoms with Crippen LogP contribution in [0.1, 0.15) is 24.4 Å². The molecule has 1 fully saturated rings. The average molecular weight is 216 g/mol. The number of nitrogens with zero attached hydrogens (tertiary/aromatic N) is 2. The van der Waals surface area contributed by atoms with Gasteiger partial charge in [0, 0.05) is 6.04 Å². The first-order valence-electron chi connectivity index (χ1n) is 5.60. The van der Waals surface area contributed by atoms with E-state index in [9.17, 15) is 0 Å². The van der Waals surface area contributed by atoms with E-state index in [4.69, 9.17) is 10.00 Å². The van der Waals surface area contributed by atoms with E-state index in [1.807, 2.05) is 12.1 Å². The van der Waals surface area contributed by atoms with Crippen LogP contribution in [0.15, 0.2) is 24.3 Å². The topological polar surface area (TPSA) is 36.3 Å². The van der Waals surface area contributed by atoms with Crippen molar-refractivity contribution in [3.05, 3.63) is 29.8 Å². The van der Waals surface area contributed by atoms with Crippen LogP contribution in [0.4, 0.5) is 0 Å². The van der Waals surface area contributed by atoms with Crippen LogP contribution >= 0.6 is 0 Å². The molecule has 0 aromatic heterocycles. The lowest BCUT2D eigenvalue weighted by molar-refractivity contribution is 0.288. The maximum Gasteiger partial charge on any atom is 0.118 e. The van der Waals surface area contributed by atoms with E-state index in [-0.39, 0.29) is 0 Å². The van der Waals surface area contributed by atoms with E-state index in [0.717, 1.165) is 18.7 Å². The normalized spacial score (nSPS) is 20.6. The van der Waals surface area contributed by atoms with Crippen LogP contribution < -0.4 is 4.74 Å². The third-order valence-electron chi connectivity index (χ3n) is 3.14. The Labute approximate surface area is 96.2 Å². The van der Waals surface area contributed by atoms with E-state index in [2.05, 4.69) is 23.1 Å². The summed E-state index contributed by atoms with van der Waals surface area (Å²) in [6.45, 7) is 1.56. The summed E-state index contributed by atoms with van der Waals surface area (Å²) in [6, 6.07) is 10.8. The van der Waals surface area contributed by atoms with Crippen LogP contribution in [0.25, 0.3) is 0 Å². The summed E-state index contributed by atoms with van der Waals surface area (Å²) in [5.41, 5.74) is 1.29. The van der Waals surface area contributed by atoms with Crippen LogP contribution in [-0.2, 0) is 0 Å². The molecule has 3 nitrogen and oxygen atoms in total. The van der Waals surface area contributed by atoms with Gasteiger partial charge in [0.15, 0.2) is 0 Å². The van der Waals surface area contributed by atoms with Gasteiger partial charge < -0.3 is 4.74 Å². The van der Waals surface area contributed by atoms with Crippen molar-refractivity contribution in [1.29, 1.82) is 5.26 Å². The highest BCUT2D eigenvalue weighted by Gasteiger charge is 2.25. The van der Waals surface area contributed by atoms with Gasteiger partial charge in [-0.3, -0.25) is 4.90 Å². The SMILES string of the molecule is COc1ccc(C2CCCN2CC#N)cc1. The smallest absolute Gasteiger partial charge is 0.118 e. The first-order valence-corrected chi connectivity index (χ1v) is 5.60. The molecule has 0 saturated carbocycles. The zero-order valence-corrected chi connectivity index (χ0v) is 9.52. The molecule has 16 heavy (non-hydrogen) atoms. The van der Waals surface area contributed by atoms with Crippen molar-refractivity contribution in [2.24, 2.45) is 0 Å². The molecular formula is C13H16N2O.